The van der Waals surface area contributed by atoms with Crippen LogP contribution < -0.4 is 10.1 Å². The van der Waals surface area contributed by atoms with Gasteiger partial charge in [-0.25, -0.2) is 0 Å². The third-order valence-electron chi connectivity index (χ3n) is 3.55. The number of hydrogen-bond donors (Lipinski definition) is 1. The topological polar surface area (TPSA) is 75.7 Å². The van der Waals surface area contributed by atoms with Crippen LogP contribution in [-0.2, 0) is 16.1 Å². The van der Waals surface area contributed by atoms with E-state index in [0.717, 1.165) is 11.8 Å². The molecule has 0 bridgehead atoms. The van der Waals surface area contributed by atoms with Gasteiger partial charge in [0.25, 0.3) is 0 Å². The van der Waals surface area contributed by atoms with Crippen LogP contribution >= 0.6 is 0 Å². The van der Waals surface area contributed by atoms with E-state index in [1.807, 2.05) is 6.92 Å². The lowest BCUT2D eigenvalue weighted by Crippen LogP contribution is -2.57. The molecule has 0 saturated carbocycles. The van der Waals surface area contributed by atoms with Crippen LogP contribution in [0.4, 0.5) is 0 Å². The monoisotopic (exact) mass is 290 g/mol. The van der Waals surface area contributed by atoms with Gasteiger partial charge in [0, 0.05) is 17.7 Å². The van der Waals surface area contributed by atoms with Crippen molar-refractivity contribution in [2.45, 2.75) is 25.9 Å². The van der Waals surface area contributed by atoms with Crippen molar-refractivity contribution in [1.29, 1.82) is 0 Å². The van der Waals surface area contributed by atoms with Crippen LogP contribution in [0.25, 0.3) is 0 Å². The molecule has 1 heterocycles. The first kappa shape index (κ1) is 15.2. The number of hydrogen-bond acceptors (Lipinski definition) is 5. The molecular formula is C15H18N2O4. The summed E-state index contributed by atoms with van der Waals surface area (Å²) in [6.07, 6.45) is 1.36. The number of ether oxygens (including phenoxy) is 1. The van der Waals surface area contributed by atoms with E-state index in [1.165, 1.54) is 0 Å². The quantitative estimate of drug-likeness (QED) is 0.639. The van der Waals surface area contributed by atoms with Crippen molar-refractivity contribution in [3.63, 3.8) is 0 Å². The Bertz CT molecular complexity index is 571. The third kappa shape index (κ3) is 3.28. The molecule has 1 N–H and O–H groups in total. The molecule has 112 valence electrons. The van der Waals surface area contributed by atoms with Gasteiger partial charge in [0.15, 0.2) is 0 Å². The summed E-state index contributed by atoms with van der Waals surface area (Å²) in [7, 11) is 1.55. The summed E-state index contributed by atoms with van der Waals surface area (Å²) in [6.45, 7) is 2.42. The largest absolute Gasteiger partial charge is 0.496 e. The van der Waals surface area contributed by atoms with E-state index < -0.39 is 0 Å². The Morgan fingerprint density at radius 1 is 1.43 bits per heavy atom. The fourth-order valence-corrected chi connectivity index (χ4v) is 2.54. The van der Waals surface area contributed by atoms with E-state index in [-0.39, 0.29) is 24.4 Å². The number of carbonyl (C=O) groups excluding carboxylic acids is 3. The predicted molar refractivity (Wildman–Crippen MR) is 76.0 cm³/mol. The van der Waals surface area contributed by atoms with Gasteiger partial charge in [0.05, 0.1) is 19.7 Å². The molecule has 1 aliphatic heterocycles. The highest BCUT2D eigenvalue weighted by Crippen LogP contribution is 2.23. The Morgan fingerprint density at radius 3 is 2.81 bits per heavy atom. The van der Waals surface area contributed by atoms with Gasteiger partial charge in [-0.15, -0.1) is 0 Å². The minimum atomic E-state index is -0.354. The molecule has 0 aromatic heterocycles. The Balaban J connectivity index is 2.28. The van der Waals surface area contributed by atoms with Crippen molar-refractivity contribution in [3.05, 3.63) is 29.3 Å². The van der Waals surface area contributed by atoms with Gasteiger partial charge in [0.1, 0.15) is 12.0 Å². The number of piperazine rings is 1. The zero-order valence-electron chi connectivity index (χ0n) is 12.1. The summed E-state index contributed by atoms with van der Waals surface area (Å²) in [5.74, 6) is 0.0448. The van der Waals surface area contributed by atoms with Crippen LogP contribution in [0, 0.1) is 0 Å². The SMILES string of the molecule is CCC1C(=O)NC(=O)CN1Cc1cc(C=O)ccc1OC. The Labute approximate surface area is 123 Å². The third-order valence-corrected chi connectivity index (χ3v) is 3.55. The Hall–Kier alpha value is -2.21. The average molecular weight is 290 g/mol. The number of aldehydes is 1. The number of nitrogens with zero attached hydrogens (tertiary/aromatic N) is 1. The highest BCUT2D eigenvalue weighted by atomic mass is 16.5. The number of rotatable bonds is 5. The molecule has 1 saturated heterocycles. The van der Waals surface area contributed by atoms with Crippen molar-refractivity contribution < 1.29 is 19.1 Å². The van der Waals surface area contributed by atoms with Gasteiger partial charge in [-0.05, 0) is 24.6 Å². The fraction of sp³-hybridized carbons (Fsp3) is 0.400. The molecule has 2 rings (SSSR count). The van der Waals surface area contributed by atoms with Gasteiger partial charge in [-0.2, -0.15) is 0 Å². The van der Waals surface area contributed by atoms with E-state index in [9.17, 15) is 14.4 Å². The molecular weight excluding hydrogens is 272 g/mol. The van der Waals surface area contributed by atoms with Gasteiger partial charge < -0.3 is 4.74 Å². The second kappa shape index (κ2) is 6.49. The van der Waals surface area contributed by atoms with Crippen LogP contribution in [0.1, 0.15) is 29.3 Å². The van der Waals surface area contributed by atoms with E-state index in [1.54, 1.807) is 30.2 Å². The summed E-state index contributed by atoms with van der Waals surface area (Å²) >= 11 is 0. The van der Waals surface area contributed by atoms with Gasteiger partial charge >= 0.3 is 0 Å². The molecule has 1 aliphatic rings. The van der Waals surface area contributed by atoms with Crippen LogP contribution in [0.2, 0.25) is 0 Å². The molecule has 1 aromatic rings. The number of imide groups is 1. The second-order valence-corrected chi connectivity index (χ2v) is 4.93. The van der Waals surface area contributed by atoms with E-state index in [2.05, 4.69) is 5.32 Å². The minimum Gasteiger partial charge on any atom is -0.496 e. The number of nitrogens with one attached hydrogen (secondary N) is 1. The van der Waals surface area contributed by atoms with Crippen LogP contribution in [-0.4, -0.2) is 42.7 Å². The molecule has 2 amide bonds. The number of methoxy groups -OCH3 is 1. The summed E-state index contributed by atoms with van der Waals surface area (Å²) in [6, 6.07) is 4.74. The first-order valence-corrected chi connectivity index (χ1v) is 6.78. The summed E-state index contributed by atoms with van der Waals surface area (Å²) < 4.78 is 5.28. The zero-order chi connectivity index (χ0) is 15.4. The molecule has 6 nitrogen and oxygen atoms in total. The maximum absolute atomic E-state index is 11.9. The van der Waals surface area contributed by atoms with Gasteiger partial charge in [-0.3, -0.25) is 24.6 Å². The lowest BCUT2D eigenvalue weighted by atomic mass is 10.1. The van der Waals surface area contributed by atoms with E-state index in [4.69, 9.17) is 4.74 Å². The minimum absolute atomic E-state index is 0.152. The van der Waals surface area contributed by atoms with Crippen LogP contribution in [0.15, 0.2) is 18.2 Å². The molecule has 1 fully saturated rings. The smallest absolute Gasteiger partial charge is 0.243 e. The Morgan fingerprint density at radius 2 is 2.19 bits per heavy atom. The number of benzene rings is 1. The first-order valence-electron chi connectivity index (χ1n) is 6.78. The fourth-order valence-electron chi connectivity index (χ4n) is 2.54. The zero-order valence-corrected chi connectivity index (χ0v) is 12.1. The van der Waals surface area contributed by atoms with Crippen molar-refractivity contribution in [3.8, 4) is 5.75 Å². The molecule has 1 unspecified atom stereocenters. The molecule has 1 aromatic carbocycles. The second-order valence-electron chi connectivity index (χ2n) is 4.93. The van der Waals surface area contributed by atoms with E-state index in [0.29, 0.717) is 24.3 Å². The van der Waals surface area contributed by atoms with Crippen LogP contribution in [0.5, 0.6) is 5.75 Å². The maximum atomic E-state index is 11.9. The summed E-state index contributed by atoms with van der Waals surface area (Å²) in [4.78, 5) is 36.1. The lowest BCUT2D eigenvalue weighted by Gasteiger charge is -2.33. The lowest BCUT2D eigenvalue weighted by molar-refractivity contribution is -0.140. The van der Waals surface area contributed by atoms with E-state index >= 15 is 0 Å². The van der Waals surface area contributed by atoms with Crippen molar-refractivity contribution >= 4 is 18.1 Å². The normalized spacial score (nSPS) is 19.2. The average Bonchev–Trinajstić information content (AvgIpc) is 2.46. The predicted octanol–water partition coefficient (Wildman–Crippen LogP) is 0.745. The summed E-state index contributed by atoms with van der Waals surface area (Å²) in [5.41, 5.74) is 1.31. The highest BCUT2D eigenvalue weighted by Gasteiger charge is 2.32. The first-order chi connectivity index (χ1) is 10.1. The Kier molecular flexibility index (Phi) is 4.70. The highest BCUT2D eigenvalue weighted by molar-refractivity contribution is 6.01. The molecule has 0 aliphatic carbocycles. The standard InChI is InChI=1S/C15H18N2O4/c1-3-12-15(20)16-14(19)8-17(12)7-11-6-10(9-18)4-5-13(11)21-2/h4-6,9,12H,3,7-8H2,1-2H3,(H,16,19,20). The maximum Gasteiger partial charge on any atom is 0.243 e. The molecule has 6 heteroatoms. The molecule has 21 heavy (non-hydrogen) atoms. The number of carbonyl (C=O) groups is 3. The number of amides is 2. The summed E-state index contributed by atoms with van der Waals surface area (Å²) in [5, 5.41) is 2.34. The van der Waals surface area contributed by atoms with Gasteiger partial charge in [0.2, 0.25) is 11.8 Å². The van der Waals surface area contributed by atoms with Gasteiger partial charge in [-0.1, -0.05) is 6.92 Å². The van der Waals surface area contributed by atoms with Crippen LogP contribution in [0.3, 0.4) is 0 Å². The molecule has 0 spiro atoms. The van der Waals surface area contributed by atoms with Crippen molar-refractivity contribution in [1.82, 2.24) is 10.2 Å². The van der Waals surface area contributed by atoms with Crippen molar-refractivity contribution in [2.24, 2.45) is 0 Å². The molecule has 1 atom stereocenters. The molecule has 0 radical (unpaired) electrons. The van der Waals surface area contributed by atoms with Crippen molar-refractivity contribution in [2.75, 3.05) is 13.7 Å².